The predicted octanol–water partition coefficient (Wildman–Crippen LogP) is 4.98. The van der Waals surface area contributed by atoms with E-state index >= 15 is 0 Å². The number of methoxy groups -OCH3 is 1. The van der Waals surface area contributed by atoms with Gasteiger partial charge in [-0.15, -0.1) is 0 Å². The molecule has 198 valence electrons. The van der Waals surface area contributed by atoms with Crippen molar-refractivity contribution >= 4 is 52.0 Å². The highest BCUT2D eigenvalue weighted by Crippen LogP contribution is 2.35. The minimum Gasteiger partial charge on any atom is -0.497 e. The molecule has 14 heteroatoms. The van der Waals surface area contributed by atoms with Gasteiger partial charge in [0.15, 0.2) is 0 Å². The maximum absolute atomic E-state index is 12.8. The van der Waals surface area contributed by atoms with Crippen LogP contribution in [0.1, 0.15) is 5.56 Å². The molecule has 1 saturated heterocycles. The van der Waals surface area contributed by atoms with Crippen LogP contribution >= 0.6 is 11.8 Å². The number of nitrogens with zero attached hydrogens (tertiary/aromatic N) is 3. The second kappa shape index (κ2) is 11.4. The number of thioether (sulfide) groups is 1. The lowest BCUT2D eigenvalue weighted by molar-refractivity contribution is -0.394. The smallest absolute Gasteiger partial charge is 0.318 e. The van der Waals surface area contributed by atoms with Crippen LogP contribution in [0.5, 0.6) is 17.2 Å². The van der Waals surface area contributed by atoms with Crippen LogP contribution in [0.15, 0.2) is 71.6 Å². The maximum Gasteiger partial charge on any atom is 0.318 e. The number of carbonyl (C=O) groups excluding carboxylic acids is 3. The monoisotopic (exact) mass is 550 g/mol. The molecule has 1 aliphatic rings. The van der Waals surface area contributed by atoms with E-state index in [2.05, 4.69) is 5.32 Å². The van der Waals surface area contributed by atoms with Gasteiger partial charge in [-0.05, 0) is 65.9 Å². The fraction of sp³-hybridized carbons (Fsp3) is 0.0800. The Morgan fingerprint density at radius 3 is 2.26 bits per heavy atom. The van der Waals surface area contributed by atoms with E-state index in [9.17, 15) is 34.6 Å². The van der Waals surface area contributed by atoms with Crippen LogP contribution in [0.3, 0.4) is 0 Å². The van der Waals surface area contributed by atoms with E-state index in [0.29, 0.717) is 28.8 Å². The summed E-state index contributed by atoms with van der Waals surface area (Å²) in [4.78, 5) is 59.1. The fourth-order valence-corrected chi connectivity index (χ4v) is 4.25. The van der Waals surface area contributed by atoms with Crippen LogP contribution in [0.25, 0.3) is 6.08 Å². The average molecular weight is 551 g/mol. The van der Waals surface area contributed by atoms with Gasteiger partial charge in [-0.25, -0.2) is 0 Å². The van der Waals surface area contributed by atoms with Gasteiger partial charge in [-0.2, -0.15) is 0 Å². The molecule has 1 N–H and O–H groups in total. The number of rotatable bonds is 9. The number of imide groups is 1. The molecule has 1 fully saturated rings. The van der Waals surface area contributed by atoms with Crippen LogP contribution in [-0.4, -0.2) is 45.5 Å². The first-order valence-corrected chi connectivity index (χ1v) is 11.9. The number of hydrogen-bond acceptors (Lipinski definition) is 10. The Hall–Kier alpha value is -5.24. The van der Waals surface area contributed by atoms with Gasteiger partial charge in [-0.1, -0.05) is 12.1 Å². The molecule has 4 rings (SSSR count). The Balaban J connectivity index is 1.41. The summed E-state index contributed by atoms with van der Waals surface area (Å²) in [7, 11) is 1.51. The fourth-order valence-electron chi connectivity index (χ4n) is 3.41. The zero-order chi connectivity index (χ0) is 28.1. The van der Waals surface area contributed by atoms with Gasteiger partial charge in [0.05, 0.1) is 27.9 Å². The molecule has 3 amide bonds. The summed E-state index contributed by atoms with van der Waals surface area (Å²) in [5, 5.41) is 24.2. The van der Waals surface area contributed by atoms with Gasteiger partial charge < -0.3 is 14.8 Å². The summed E-state index contributed by atoms with van der Waals surface area (Å²) in [6.07, 6.45) is 1.46. The lowest BCUT2D eigenvalue weighted by Gasteiger charge is -2.12. The van der Waals surface area contributed by atoms with Crippen molar-refractivity contribution < 1.29 is 33.7 Å². The highest BCUT2D eigenvalue weighted by atomic mass is 32.2. The molecule has 0 aliphatic carbocycles. The number of nitro benzene ring substituents is 2. The molecule has 0 spiro atoms. The molecule has 1 heterocycles. The number of benzene rings is 3. The number of nitrogens with one attached hydrogen (secondary N) is 1. The van der Waals surface area contributed by atoms with Gasteiger partial charge in [0.2, 0.25) is 11.7 Å². The summed E-state index contributed by atoms with van der Waals surface area (Å²) in [5.74, 6) is -0.557. The number of hydrogen-bond donors (Lipinski definition) is 1. The molecule has 3 aromatic carbocycles. The van der Waals surface area contributed by atoms with Gasteiger partial charge >= 0.3 is 5.69 Å². The number of amides is 3. The molecule has 0 radical (unpaired) electrons. The minimum atomic E-state index is -0.788. The second-order valence-electron chi connectivity index (χ2n) is 7.88. The maximum atomic E-state index is 12.8. The van der Waals surface area contributed by atoms with Crippen LogP contribution in [0.4, 0.5) is 21.9 Å². The summed E-state index contributed by atoms with van der Waals surface area (Å²) in [6.45, 7) is -0.463. The highest BCUT2D eigenvalue weighted by molar-refractivity contribution is 8.18. The van der Waals surface area contributed by atoms with E-state index in [0.717, 1.165) is 23.1 Å². The third-order valence-electron chi connectivity index (χ3n) is 5.30. The van der Waals surface area contributed by atoms with Gasteiger partial charge in [0.25, 0.3) is 16.8 Å². The third kappa shape index (κ3) is 6.37. The molecule has 0 saturated carbocycles. The van der Waals surface area contributed by atoms with E-state index in [4.69, 9.17) is 9.47 Å². The molecule has 0 unspecified atom stereocenters. The largest absolute Gasteiger partial charge is 0.497 e. The average Bonchev–Trinajstić information content (AvgIpc) is 3.17. The minimum absolute atomic E-state index is 0.108. The summed E-state index contributed by atoms with van der Waals surface area (Å²) in [5.41, 5.74) is -0.0204. The van der Waals surface area contributed by atoms with Gasteiger partial charge in [0, 0.05) is 11.8 Å². The standard InChI is InChI=1S/C25H18N4O9S/c1-37-18-9-4-16(5-10-18)26-23(30)14-27-24(31)22(39-25(27)32)12-15-2-7-19(8-3-15)38-21-11-6-17(28(33)34)13-20(21)29(35)36/h2-13H,14H2,1H3,(H,26,30)/b22-12+. The Kier molecular flexibility index (Phi) is 7.86. The normalized spacial score (nSPS) is 13.9. The molecular weight excluding hydrogens is 532 g/mol. The second-order valence-corrected chi connectivity index (χ2v) is 8.88. The molecule has 0 atom stereocenters. The van der Waals surface area contributed by atoms with Crippen LogP contribution in [0, 0.1) is 20.2 Å². The number of ether oxygens (including phenoxy) is 2. The van der Waals surface area contributed by atoms with Crippen molar-refractivity contribution in [2.75, 3.05) is 19.0 Å². The number of nitro groups is 2. The van der Waals surface area contributed by atoms with Crippen LogP contribution in [-0.2, 0) is 9.59 Å². The lowest BCUT2D eigenvalue weighted by atomic mass is 10.2. The molecule has 0 aromatic heterocycles. The van der Waals surface area contributed by atoms with Crippen molar-refractivity contribution in [3.63, 3.8) is 0 Å². The van der Waals surface area contributed by atoms with Crippen molar-refractivity contribution in [2.24, 2.45) is 0 Å². The zero-order valence-corrected chi connectivity index (χ0v) is 20.9. The Morgan fingerprint density at radius 2 is 1.64 bits per heavy atom. The summed E-state index contributed by atoms with van der Waals surface area (Å²) >= 11 is 0.686. The number of carbonyl (C=O) groups is 3. The number of anilines is 1. The first kappa shape index (κ1) is 26.8. The van der Waals surface area contributed by atoms with Crippen molar-refractivity contribution in [1.29, 1.82) is 0 Å². The zero-order valence-electron chi connectivity index (χ0n) is 20.1. The predicted molar refractivity (Wildman–Crippen MR) is 141 cm³/mol. The quantitative estimate of drug-likeness (QED) is 0.218. The summed E-state index contributed by atoms with van der Waals surface area (Å²) in [6, 6.07) is 15.6. The molecule has 3 aromatic rings. The molecule has 0 bridgehead atoms. The lowest BCUT2D eigenvalue weighted by Crippen LogP contribution is -2.36. The molecule has 1 aliphatic heterocycles. The van der Waals surface area contributed by atoms with Crippen molar-refractivity contribution in [3.8, 4) is 17.2 Å². The van der Waals surface area contributed by atoms with E-state index < -0.39 is 44.8 Å². The Morgan fingerprint density at radius 1 is 0.974 bits per heavy atom. The highest BCUT2D eigenvalue weighted by Gasteiger charge is 2.36. The van der Waals surface area contributed by atoms with Crippen molar-refractivity contribution in [1.82, 2.24) is 4.90 Å². The summed E-state index contributed by atoms with van der Waals surface area (Å²) < 4.78 is 10.6. The van der Waals surface area contributed by atoms with E-state index in [-0.39, 0.29) is 16.4 Å². The van der Waals surface area contributed by atoms with E-state index in [1.165, 1.54) is 25.3 Å². The van der Waals surface area contributed by atoms with Crippen molar-refractivity contribution in [3.05, 3.63) is 97.4 Å². The van der Waals surface area contributed by atoms with Gasteiger partial charge in [-0.3, -0.25) is 39.5 Å². The topological polar surface area (TPSA) is 171 Å². The van der Waals surface area contributed by atoms with Crippen LogP contribution < -0.4 is 14.8 Å². The van der Waals surface area contributed by atoms with E-state index in [1.54, 1.807) is 36.4 Å². The SMILES string of the molecule is COc1ccc(NC(=O)CN2C(=O)S/C(=C/c3ccc(Oc4ccc([N+](=O)[O-])cc4[N+](=O)[O-])cc3)C2=O)cc1. The van der Waals surface area contributed by atoms with Crippen molar-refractivity contribution in [2.45, 2.75) is 0 Å². The molecular formula is C25H18N4O9S. The number of non-ortho nitro benzene ring substituents is 1. The Bertz CT molecular complexity index is 1500. The third-order valence-corrected chi connectivity index (χ3v) is 6.21. The van der Waals surface area contributed by atoms with Gasteiger partial charge in [0.1, 0.15) is 18.0 Å². The molecule has 13 nitrogen and oxygen atoms in total. The first-order chi connectivity index (χ1) is 18.6. The first-order valence-electron chi connectivity index (χ1n) is 11.0. The molecule has 39 heavy (non-hydrogen) atoms. The van der Waals surface area contributed by atoms with Crippen LogP contribution in [0.2, 0.25) is 0 Å². The Labute approximate surface area is 224 Å². The van der Waals surface area contributed by atoms with E-state index in [1.807, 2.05) is 0 Å².